The summed E-state index contributed by atoms with van der Waals surface area (Å²) in [5.74, 6) is 0.118. The first-order valence-corrected chi connectivity index (χ1v) is 9.92. The molecule has 0 aliphatic rings. The van der Waals surface area contributed by atoms with Crippen LogP contribution < -0.4 is 0 Å². The number of hydrogen-bond acceptors (Lipinski definition) is 4. The quantitative estimate of drug-likeness (QED) is 0.823. The Balaban J connectivity index is 2.49. The number of aryl methyl sites for hydroxylation is 4. The van der Waals surface area contributed by atoms with E-state index in [1.54, 1.807) is 22.7 Å². The fourth-order valence-corrected chi connectivity index (χ4v) is 7.25. The second-order valence-corrected chi connectivity index (χ2v) is 9.89. The van der Waals surface area contributed by atoms with E-state index in [1.807, 2.05) is 40.7 Å². The fraction of sp³-hybridized carbons (Fsp3) is 0.467. The van der Waals surface area contributed by atoms with Crippen LogP contribution in [0.1, 0.15) is 37.6 Å². The zero-order chi connectivity index (χ0) is 15.1. The van der Waals surface area contributed by atoms with Crippen LogP contribution in [0.3, 0.4) is 0 Å². The molecule has 0 aliphatic heterocycles. The van der Waals surface area contributed by atoms with E-state index in [2.05, 4.69) is 0 Å². The summed E-state index contributed by atoms with van der Waals surface area (Å²) in [7, 11) is -3.26. The molecule has 110 valence electrons. The highest BCUT2D eigenvalue weighted by Gasteiger charge is 2.25. The number of thiophene rings is 2. The third-order valence-electron chi connectivity index (χ3n) is 3.48. The predicted molar refractivity (Wildman–Crippen MR) is 87.9 cm³/mol. The number of hydrogen-bond donors (Lipinski definition) is 0. The molecule has 0 unspecified atom stereocenters. The van der Waals surface area contributed by atoms with Gasteiger partial charge in [0.15, 0.2) is 9.84 Å². The molecule has 0 radical (unpaired) electrons. The van der Waals surface area contributed by atoms with Crippen LogP contribution in [0.25, 0.3) is 0 Å². The van der Waals surface area contributed by atoms with E-state index in [9.17, 15) is 8.42 Å². The molecule has 0 amide bonds. The summed E-state index contributed by atoms with van der Waals surface area (Å²) in [6.07, 6.45) is 0.770. The van der Waals surface area contributed by atoms with Crippen molar-refractivity contribution in [2.75, 3.05) is 0 Å². The lowest BCUT2D eigenvalue weighted by molar-refractivity contribution is 0.594. The molecule has 2 heterocycles. The standard InChI is InChI=1S/C15H20O2S3/c1-6-14-11(4)19-12(5)15(14)20(16,17)8-13-7-9(2)18-10(13)3/h7H,6,8H2,1-5H3. The second-order valence-electron chi connectivity index (χ2n) is 5.07. The number of sulfone groups is 1. The monoisotopic (exact) mass is 328 g/mol. The van der Waals surface area contributed by atoms with Crippen LogP contribution in [0.2, 0.25) is 0 Å². The van der Waals surface area contributed by atoms with E-state index >= 15 is 0 Å². The Hall–Kier alpha value is -0.650. The van der Waals surface area contributed by atoms with Crippen molar-refractivity contribution in [2.24, 2.45) is 0 Å². The first-order valence-electron chi connectivity index (χ1n) is 6.63. The molecule has 5 heteroatoms. The van der Waals surface area contributed by atoms with Gasteiger partial charge < -0.3 is 0 Å². The average Bonchev–Trinajstić information content (AvgIpc) is 2.78. The largest absolute Gasteiger partial charge is 0.223 e. The highest BCUT2D eigenvalue weighted by Crippen LogP contribution is 2.34. The van der Waals surface area contributed by atoms with E-state index in [0.717, 1.165) is 32.2 Å². The van der Waals surface area contributed by atoms with Crippen molar-refractivity contribution in [1.82, 2.24) is 0 Å². The Kier molecular flexibility index (Phi) is 4.42. The molecule has 2 aromatic rings. The fourth-order valence-electron chi connectivity index (χ4n) is 2.63. The third kappa shape index (κ3) is 2.85. The van der Waals surface area contributed by atoms with Crippen LogP contribution in [0.4, 0.5) is 0 Å². The van der Waals surface area contributed by atoms with Gasteiger partial charge >= 0.3 is 0 Å². The molecule has 0 fully saturated rings. The van der Waals surface area contributed by atoms with Crippen LogP contribution in [0.15, 0.2) is 11.0 Å². The van der Waals surface area contributed by atoms with Crippen molar-refractivity contribution in [3.8, 4) is 0 Å². The summed E-state index contributed by atoms with van der Waals surface area (Å²) < 4.78 is 25.6. The highest BCUT2D eigenvalue weighted by atomic mass is 32.2. The van der Waals surface area contributed by atoms with Gasteiger partial charge in [-0.15, -0.1) is 22.7 Å². The first-order chi connectivity index (χ1) is 9.26. The average molecular weight is 329 g/mol. The van der Waals surface area contributed by atoms with Crippen molar-refractivity contribution in [1.29, 1.82) is 0 Å². The van der Waals surface area contributed by atoms with Crippen molar-refractivity contribution in [3.63, 3.8) is 0 Å². The minimum Gasteiger partial charge on any atom is -0.223 e. The van der Waals surface area contributed by atoms with E-state index in [1.165, 1.54) is 4.88 Å². The summed E-state index contributed by atoms with van der Waals surface area (Å²) in [5.41, 5.74) is 1.94. The topological polar surface area (TPSA) is 34.1 Å². The van der Waals surface area contributed by atoms with Gasteiger partial charge in [-0.25, -0.2) is 8.42 Å². The lowest BCUT2D eigenvalue weighted by Crippen LogP contribution is -2.08. The molecule has 0 atom stereocenters. The Morgan fingerprint density at radius 1 is 1.00 bits per heavy atom. The molecule has 2 aromatic heterocycles. The molecular weight excluding hydrogens is 308 g/mol. The van der Waals surface area contributed by atoms with E-state index in [-0.39, 0.29) is 5.75 Å². The molecule has 0 N–H and O–H groups in total. The molecule has 0 saturated heterocycles. The van der Waals surface area contributed by atoms with Crippen molar-refractivity contribution < 1.29 is 8.42 Å². The Labute approximate surface area is 129 Å². The molecule has 0 spiro atoms. The maximum atomic E-state index is 12.8. The van der Waals surface area contributed by atoms with Gasteiger partial charge in [-0.1, -0.05) is 6.92 Å². The zero-order valence-corrected chi connectivity index (χ0v) is 15.0. The van der Waals surface area contributed by atoms with Crippen molar-refractivity contribution in [2.45, 2.75) is 51.7 Å². The van der Waals surface area contributed by atoms with Crippen LogP contribution in [0.5, 0.6) is 0 Å². The summed E-state index contributed by atoms with van der Waals surface area (Å²) in [4.78, 5) is 4.90. The van der Waals surface area contributed by atoms with Gasteiger partial charge in [0.1, 0.15) is 0 Å². The summed E-state index contributed by atoms with van der Waals surface area (Å²) >= 11 is 3.25. The lowest BCUT2D eigenvalue weighted by atomic mass is 10.2. The minimum absolute atomic E-state index is 0.118. The van der Waals surface area contributed by atoms with E-state index < -0.39 is 9.84 Å². The lowest BCUT2D eigenvalue weighted by Gasteiger charge is -2.07. The Bertz CT molecular complexity index is 734. The Morgan fingerprint density at radius 2 is 1.65 bits per heavy atom. The van der Waals surface area contributed by atoms with Crippen LogP contribution in [-0.4, -0.2) is 8.42 Å². The van der Waals surface area contributed by atoms with Gasteiger partial charge in [0.25, 0.3) is 0 Å². The minimum atomic E-state index is -3.26. The van der Waals surface area contributed by atoms with Crippen molar-refractivity contribution >= 4 is 32.5 Å². The molecule has 2 nitrogen and oxygen atoms in total. The summed E-state index contributed by atoms with van der Waals surface area (Å²) in [6.45, 7) is 9.96. The van der Waals surface area contributed by atoms with Gasteiger partial charge in [0, 0.05) is 19.5 Å². The molecule has 0 bridgehead atoms. The van der Waals surface area contributed by atoms with E-state index in [4.69, 9.17) is 0 Å². The zero-order valence-electron chi connectivity index (χ0n) is 12.5. The van der Waals surface area contributed by atoms with Crippen LogP contribution in [-0.2, 0) is 22.0 Å². The summed E-state index contributed by atoms with van der Waals surface area (Å²) in [6, 6.07) is 2.00. The number of rotatable bonds is 4. The third-order valence-corrected chi connectivity index (χ3v) is 7.54. The normalized spacial score (nSPS) is 12.1. The SMILES string of the molecule is CCc1c(C)sc(C)c1S(=O)(=O)Cc1cc(C)sc1C. The van der Waals surface area contributed by atoms with E-state index in [0.29, 0.717) is 4.90 Å². The second kappa shape index (κ2) is 5.62. The molecule has 2 rings (SSSR count). The highest BCUT2D eigenvalue weighted by molar-refractivity contribution is 7.91. The first kappa shape index (κ1) is 15.7. The smallest absolute Gasteiger partial charge is 0.183 e. The Morgan fingerprint density at radius 3 is 2.15 bits per heavy atom. The molecule has 0 saturated carbocycles. The van der Waals surface area contributed by atoms with Crippen LogP contribution in [0, 0.1) is 27.7 Å². The maximum Gasteiger partial charge on any atom is 0.183 e. The van der Waals surface area contributed by atoms with Gasteiger partial charge in [-0.2, -0.15) is 0 Å². The van der Waals surface area contributed by atoms with Gasteiger partial charge in [-0.3, -0.25) is 0 Å². The van der Waals surface area contributed by atoms with Gasteiger partial charge in [0.2, 0.25) is 0 Å². The van der Waals surface area contributed by atoms with Crippen molar-refractivity contribution in [3.05, 3.63) is 36.7 Å². The molecular formula is C15H20O2S3. The van der Waals surface area contributed by atoms with Crippen LogP contribution >= 0.6 is 22.7 Å². The molecule has 0 aromatic carbocycles. The predicted octanol–water partition coefficient (Wildman–Crippen LogP) is 4.58. The van der Waals surface area contributed by atoms with Gasteiger partial charge in [0.05, 0.1) is 10.6 Å². The molecule has 20 heavy (non-hydrogen) atoms. The molecule has 0 aliphatic carbocycles. The van der Waals surface area contributed by atoms with Gasteiger partial charge in [-0.05, 0) is 51.3 Å². The maximum absolute atomic E-state index is 12.8. The summed E-state index contributed by atoms with van der Waals surface area (Å²) in [5, 5.41) is 0.